The zero-order chi connectivity index (χ0) is 26.4. The molecule has 206 valence electrons. The quantitative estimate of drug-likeness (QED) is 0.194. The van der Waals surface area contributed by atoms with E-state index in [1.54, 1.807) is 24.3 Å². The van der Waals surface area contributed by atoms with E-state index >= 15 is 0 Å². The molecule has 0 spiro atoms. The van der Waals surface area contributed by atoms with E-state index in [1.165, 1.54) is 51.4 Å². The third-order valence-electron chi connectivity index (χ3n) is 6.19. The Balaban J connectivity index is 2.32. The van der Waals surface area contributed by atoms with Crippen molar-refractivity contribution < 1.29 is 19.1 Å². The van der Waals surface area contributed by atoms with Crippen molar-refractivity contribution in [1.82, 2.24) is 9.80 Å². The lowest BCUT2D eigenvalue weighted by molar-refractivity contribution is 0.139. The first kappa shape index (κ1) is 31.7. The Morgan fingerprint density at radius 1 is 0.667 bits per heavy atom. The summed E-state index contributed by atoms with van der Waals surface area (Å²) in [5.74, 6) is 0. The van der Waals surface area contributed by atoms with E-state index in [0.29, 0.717) is 24.6 Å². The second-order valence-corrected chi connectivity index (χ2v) is 9.09. The Morgan fingerprint density at radius 3 is 1.50 bits per heavy atom. The van der Waals surface area contributed by atoms with E-state index in [0.717, 1.165) is 39.3 Å². The first-order chi connectivity index (χ1) is 17.5. The van der Waals surface area contributed by atoms with Crippen molar-refractivity contribution in [3.05, 3.63) is 24.3 Å². The molecule has 0 bridgehead atoms. The van der Waals surface area contributed by atoms with Gasteiger partial charge in [0, 0.05) is 24.5 Å². The van der Waals surface area contributed by atoms with Gasteiger partial charge >= 0.3 is 12.2 Å². The molecular formula is C28H50N4O4. The maximum atomic E-state index is 12.2. The molecule has 1 aromatic rings. The van der Waals surface area contributed by atoms with Crippen molar-refractivity contribution in [1.29, 1.82) is 0 Å². The number of nitrogens with zero attached hydrogens (tertiary/aromatic N) is 2. The van der Waals surface area contributed by atoms with Crippen molar-refractivity contribution in [2.45, 2.75) is 79.1 Å². The van der Waals surface area contributed by atoms with Gasteiger partial charge in [-0.05, 0) is 57.2 Å². The molecule has 2 amide bonds. The molecule has 0 fully saturated rings. The van der Waals surface area contributed by atoms with Gasteiger partial charge in [0.15, 0.2) is 0 Å². The smallest absolute Gasteiger partial charge is 0.411 e. The molecule has 0 saturated heterocycles. The highest BCUT2D eigenvalue weighted by Crippen LogP contribution is 2.15. The maximum Gasteiger partial charge on any atom is 0.411 e. The minimum absolute atomic E-state index is 0.338. The third-order valence-corrected chi connectivity index (χ3v) is 6.19. The van der Waals surface area contributed by atoms with Crippen LogP contribution in [0.2, 0.25) is 0 Å². The van der Waals surface area contributed by atoms with Crippen LogP contribution in [0.4, 0.5) is 21.0 Å². The second kappa shape index (κ2) is 20.8. The van der Waals surface area contributed by atoms with Crippen molar-refractivity contribution >= 4 is 23.6 Å². The number of likely N-dealkylation sites (N-methyl/N-ethyl adjacent to an activating group) is 2. The highest BCUT2D eigenvalue weighted by atomic mass is 16.6. The van der Waals surface area contributed by atoms with Crippen LogP contribution in [0.5, 0.6) is 0 Å². The van der Waals surface area contributed by atoms with E-state index in [-0.39, 0.29) is 0 Å². The van der Waals surface area contributed by atoms with E-state index in [2.05, 4.69) is 48.1 Å². The fourth-order valence-electron chi connectivity index (χ4n) is 3.90. The van der Waals surface area contributed by atoms with Gasteiger partial charge in [-0.1, -0.05) is 72.3 Å². The Morgan fingerprint density at radius 2 is 1.11 bits per heavy atom. The molecule has 0 aromatic heterocycles. The van der Waals surface area contributed by atoms with Gasteiger partial charge in [0.25, 0.3) is 0 Å². The summed E-state index contributed by atoms with van der Waals surface area (Å²) in [6, 6.07) is 6.94. The molecule has 0 unspecified atom stereocenters. The van der Waals surface area contributed by atoms with Gasteiger partial charge in [-0.15, -0.1) is 0 Å². The topological polar surface area (TPSA) is 83.1 Å². The lowest BCUT2D eigenvalue weighted by atomic mass is 10.2. The number of hydrogen-bond acceptors (Lipinski definition) is 6. The van der Waals surface area contributed by atoms with Crippen LogP contribution in [-0.2, 0) is 9.47 Å². The third kappa shape index (κ3) is 15.6. The SMILES string of the molecule is CCCCCCN(CC)CCOC(=O)Nc1cccc(NC(=O)OCCN(CC)CCCCCC)c1. The van der Waals surface area contributed by atoms with Crippen LogP contribution in [0, 0.1) is 0 Å². The number of ether oxygens (including phenoxy) is 2. The number of carbonyl (C=O) groups excluding carboxylic acids is 2. The molecule has 36 heavy (non-hydrogen) atoms. The standard InChI is InChI=1S/C28H50N4O4/c1-5-9-11-13-18-31(7-3)20-22-35-27(33)29-25-16-15-17-26(24-25)30-28(34)36-23-21-32(8-4)19-14-12-10-6-2/h15-17,24H,5-14,18-23H2,1-4H3,(H,29,33)(H,30,34). The van der Waals surface area contributed by atoms with Crippen LogP contribution >= 0.6 is 0 Å². The molecule has 0 radical (unpaired) electrons. The first-order valence-corrected chi connectivity index (χ1v) is 13.9. The molecule has 1 aromatic carbocycles. The van der Waals surface area contributed by atoms with Crippen LogP contribution < -0.4 is 10.6 Å². The summed E-state index contributed by atoms with van der Waals surface area (Å²) < 4.78 is 10.7. The number of rotatable bonds is 20. The molecule has 0 atom stereocenters. The maximum absolute atomic E-state index is 12.2. The van der Waals surface area contributed by atoms with Crippen LogP contribution in [0.25, 0.3) is 0 Å². The Labute approximate surface area is 219 Å². The summed E-state index contributed by atoms with van der Waals surface area (Å²) in [6.07, 6.45) is 8.79. The lowest BCUT2D eigenvalue weighted by Crippen LogP contribution is -2.30. The largest absolute Gasteiger partial charge is 0.448 e. The van der Waals surface area contributed by atoms with Crippen LogP contribution in [0.1, 0.15) is 79.1 Å². The Bertz CT molecular complexity index is 661. The Kier molecular flexibility index (Phi) is 18.3. The number of unbranched alkanes of at least 4 members (excludes halogenated alkanes) is 6. The fraction of sp³-hybridized carbons (Fsp3) is 0.714. The average molecular weight is 507 g/mol. The Hall–Kier alpha value is -2.32. The highest BCUT2D eigenvalue weighted by molar-refractivity contribution is 5.88. The summed E-state index contributed by atoms with van der Waals surface area (Å²) in [7, 11) is 0. The predicted molar refractivity (Wildman–Crippen MR) is 149 cm³/mol. The normalized spacial score (nSPS) is 11.1. The number of amides is 2. The zero-order valence-electron chi connectivity index (χ0n) is 23.2. The van der Waals surface area contributed by atoms with Gasteiger partial charge in [-0.3, -0.25) is 10.6 Å². The second-order valence-electron chi connectivity index (χ2n) is 9.09. The summed E-state index contributed by atoms with van der Waals surface area (Å²) in [4.78, 5) is 29.0. The van der Waals surface area contributed by atoms with E-state index in [4.69, 9.17) is 9.47 Å². The molecule has 8 nitrogen and oxygen atoms in total. The molecule has 8 heteroatoms. The van der Waals surface area contributed by atoms with Gasteiger partial charge in [-0.25, -0.2) is 9.59 Å². The number of carbonyl (C=O) groups is 2. The van der Waals surface area contributed by atoms with Gasteiger partial charge in [-0.2, -0.15) is 0 Å². The molecular weight excluding hydrogens is 456 g/mol. The van der Waals surface area contributed by atoms with E-state index in [1.807, 2.05) is 0 Å². The van der Waals surface area contributed by atoms with E-state index in [9.17, 15) is 9.59 Å². The molecule has 0 aliphatic rings. The van der Waals surface area contributed by atoms with Crippen LogP contribution in [0.15, 0.2) is 24.3 Å². The highest BCUT2D eigenvalue weighted by Gasteiger charge is 2.09. The monoisotopic (exact) mass is 506 g/mol. The number of benzene rings is 1. The minimum atomic E-state index is -0.504. The van der Waals surface area contributed by atoms with Crippen molar-refractivity contribution in [2.75, 3.05) is 63.1 Å². The number of hydrogen-bond donors (Lipinski definition) is 2. The van der Waals surface area contributed by atoms with E-state index < -0.39 is 12.2 Å². The minimum Gasteiger partial charge on any atom is -0.448 e. The molecule has 0 heterocycles. The summed E-state index contributed by atoms with van der Waals surface area (Å²) >= 11 is 0. The summed E-state index contributed by atoms with van der Waals surface area (Å²) in [5, 5.41) is 5.45. The van der Waals surface area contributed by atoms with Gasteiger partial charge in [0.2, 0.25) is 0 Å². The zero-order valence-corrected chi connectivity index (χ0v) is 23.2. The molecule has 0 aliphatic carbocycles. The van der Waals surface area contributed by atoms with Gasteiger partial charge in [0.1, 0.15) is 13.2 Å². The van der Waals surface area contributed by atoms with Crippen LogP contribution in [-0.4, -0.2) is 74.5 Å². The lowest BCUT2D eigenvalue weighted by Gasteiger charge is -2.20. The molecule has 1 rings (SSSR count). The molecule has 0 aliphatic heterocycles. The van der Waals surface area contributed by atoms with Crippen molar-refractivity contribution in [2.24, 2.45) is 0 Å². The average Bonchev–Trinajstić information content (AvgIpc) is 2.87. The summed E-state index contributed by atoms with van der Waals surface area (Å²) in [5.41, 5.74) is 1.10. The molecule has 0 saturated carbocycles. The number of nitrogens with one attached hydrogen (secondary N) is 2. The predicted octanol–water partition coefficient (Wildman–Crippen LogP) is 6.59. The van der Waals surface area contributed by atoms with Crippen molar-refractivity contribution in [3.63, 3.8) is 0 Å². The van der Waals surface area contributed by atoms with Crippen molar-refractivity contribution in [3.8, 4) is 0 Å². The fourth-order valence-corrected chi connectivity index (χ4v) is 3.90. The molecule has 2 N–H and O–H groups in total. The van der Waals surface area contributed by atoms with Gasteiger partial charge in [0.05, 0.1) is 0 Å². The summed E-state index contributed by atoms with van der Waals surface area (Å²) in [6.45, 7) is 14.7. The van der Waals surface area contributed by atoms with Gasteiger partial charge < -0.3 is 19.3 Å². The van der Waals surface area contributed by atoms with Crippen LogP contribution in [0.3, 0.4) is 0 Å². The number of anilines is 2. The first-order valence-electron chi connectivity index (χ1n) is 13.9.